The number of rotatable bonds is 5. The van der Waals surface area contributed by atoms with Crippen LogP contribution in [0.15, 0.2) is 36.4 Å². The molecule has 0 saturated heterocycles. The fourth-order valence-electron chi connectivity index (χ4n) is 2.09. The van der Waals surface area contributed by atoms with Gasteiger partial charge in [-0.1, -0.05) is 58.5 Å². The molecule has 3 nitrogen and oxygen atoms in total. The highest BCUT2D eigenvalue weighted by Crippen LogP contribution is 2.29. The maximum absolute atomic E-state index is 12.1. The van der Waals surface area contributed by atoms with E-state index in [-0.39, 0.29) is 18.5 Å². The molecule has 2 aromatic rings. The highest BCUT2D eigenvalue weighted by Gasteiger charge is 2.16. The van der Waals surface area contributed by atoms with Crippen LogP contribution in [0.1, 0.15) is 18.5 Å². The zero-order valence-corrected chi connectivity index (χ0v) is 15.3. The second-order valence-electron chi connectivity index (χ2n) is 5.04. The molecule has 122 valence electrons. The van der Waals surface area contributed by atoms with Gasteiger partial charge >= 0.3 is 0 Å². The smallest absolute Gasteiger partial charge is 0.279 e. The molecule has 0 bridgehead atoms. The fraction of sp³-hybridized carbons (Fsp3) is 0.188. The Hall–Kier alpha value is -0.970. The van der Waals surface area contributed by atoms with Crippen molar-refractivity contribution in [1.29, 1.82) is 0 Å². The largest absolute Gasteiger partial charge is 0.332 e. The van der Waals surface area contributed by atoms with E-state index in [1.54, 1.807) is 30.3 Å². The molecule has 2 aromatic carbocycles. The molecule has 0 radical (unpaired) electrons. The van der Waals surface area contributed by atoms with Crippen molar-refractivity contribution in [3.63, 3.8) is 0 Å². The molecule has 0 aliphatic heterocycles. The third kappa shape index (κ3) is 5.00. The quantitative estimate of drug-likeness (QED) is 0.769. The molecule has 0 heterocycles. The number of amides is 1. The number of halogens is 4. The zero-order valence-electron chi connectivity index (χ0n) is 12.2. The number of carbonyl (C=O) groups is 1. The van der Waals surface area contributed by atoms with Gasteiger partial charge in [-0.15, -0.1) is 0 Å². The first-order valence-electron chi connectivity index (χ1n) is 6.90. The minimum Gasteiger partial charge on any atom is -0.332 e. The van der Waals surface area contributed by atoms with E-state index < -0.39 is 0 Å². The SMILES string of the molecule is C[C@H]([NH2+]CC(=O)Nc1c(Cl)cccc1Cl)c1ccc(Cl)cc1Cl. The van der Waals surface area contributed by atoms with Crippen LogP contribution in [0, 0.1) is 0 Å². The molecule has 2 rings (SSSR count). The summed E-state index contributed by atoms with van der Waals surface area (Å²) in [6.07, 6.45) is 0. The molecule has 0 fully saturated rings. The Morgan fingerprint density at radius 3 is 2.35 bits per heavy atom. The molecule has 0 saturated carbocycles. The molecular weight excluding hydrogens is 378 g/mol. The van der Waals surface area contributed by atoms with Crippen molar-refractivity contribution in [1.82, 2.24) is 0 Å². The maximum atomic E-state index is 12.1. The summed E-state index contributed by atoms with van der Waals surface area (Å²) in [5.74, 6) is -0.197. The monoisotopic (exact) mass is 391 g/mol. The van der Waals surface area contributed by atoms with Gasteiger partial charge in [-0.05, 0) is 31.2 Å². The Morgan fingerprint density at radius 2 is 1.74 bits per heavy atom. The Kier molecular flexibility index (Phi) is 6.57. The topological polar surface area (TPSA) is 45.7 Å². The summed E-state index contributed by atoms with van der Waals surface area (Å²) < 4.78 is 0. The first kappa shape index (κ1) is 18.4. The molecule has 0 aromatic heterocycles. The fourth-order valence-corrected chi connectivity index (χ4v) is 3.16. The van der Waals surface area contributed by atoms with Crippen LogP contribution in [0.5, 0.6) is 0 Å². The zero-order chi connectivity index (χ0) is 17.0. The number of hydrogen-bond acceptors (Lipinski definition) is 1. The molecule has 7 heteroatoms. The van der Waals surface area contributed by atoms with Gasteiger partial charge in [-0.3, -0.25) is 4.79 Å². The molecular formula is C16H15Cl4N2O+. The Morgan fingerprint density at radius 1 is 1.09 bits per heavy atom. The van der Waals surface area contributed by atoms with E-state index in [2.05, 4.69) is 5.32 Å². The van der Waals surface area contributed by atoms with E-state index >= 15 is 0 Å². The first-order valence-corrected chi connectivity index (χ1v) is 8.42. The van der Waals surface area contributed by atoms with Crippen molar-refractivity contribution in [2.24, 2.45) is 0 Å². The summed E-state index contributed by atoms with van der Waals surface area (Å²) in [4.78, 5) is 12.1. The molecule has 23 heavy (non-hydrogen) atoms. The normalized spacial score (nSPS) is 12.0. The summed E-state index contributed by atoms with van der Waals surface area (Å²) >= 11 is 24.1. The number of nitrogens with two attached hydrogens (primary N) is 1. The number of para-hydroxylation sites is 1. The van der Waals surface area contributed by atoms with E-state index in [1.807, 2.05) is 18.3 Å². The Balaban J connectivity index is 1.96. The molecule has 0 aliphatic carbocycles. The average Bonchev–Trinajstić information content (AvgIpc) is 2.49. The van der Waals surface area contributed by atoms with E-state index in [9.17, 15) is 4.79 Å². The highest BCUT2D eigenvalue weighted by atomic mass is 35.5. The average molecular weight is 393 g/mol. The predicted octanol–water partition coefficient (Wildman–Crippen LogP) is 4.56. The van der Waals surface area contributed by atoms with Crippen LogP contribution in [0.25, 0.3) is 0 Å². The molecule has 0 spiro atoms. The van der Waals surface area contributed by atoms with Gasteiger partial charge in [0.1, 0.15) is 6.04 Å². The number of nitrogens with one attached hydrogen (secondary N) is 1. The van der Waals surface area contributed by atoms with Crippen LogP contribution in [0.2, 0.25) is 20.1 Å². The number of benzene rings is 2. The molecule has 0 aliphatic rings. The lowest BCUT2D eigenvalue weighted by Crippen LogP contribution is -2.86. The lowest BCUT2D eigenvalue weighted by molar-refractivity contribution is -0.682. The van der Waals surface area contributed by atoms with Gasteiger partial charge in [0, 0.05) is 10.6 Å². The van der Waals surface area contributed by atoms with Crippen LogP contribution in [0.4, 0.5) is 5.69 Å². The minimum absolute atomic E-state index is 0.00670. The van der Waals surface area contributed by atoms with Crippen LogP contribution >= 0.6 is 46.4 Å². The van der Waals surface area contributed by atoms with Crippen molar-refractivity contribution < 1.29 is 10.1 Å². The molecule has 0 unspecified atom stereocenters. The standard InChI is InChI=1S/C16H14Cl4N2O/c1-9(11-6-5-10(17)7-14(11)20)21-8-15(23)22-16-12(18)3-2-4-13(16)19/h2-7,9,21H,8H2,1H3,(H,22,23)/p+1/t9-/m0/s1. The van der Waals surface area contributed by atoms with Gasteiger partial charge in [-0.25, -0.2) is 0 Å². The van der Waals surface area contributed by atoms with Gasteiger partial charge in [-0.2, -0.15) is 0 Å². The van der Waals surface area contributed by atoms with E-state index in [1.165, 1.54) is 0 Å². The summed E-state index contributed by atoms with van der Waals surface area (Å²) in [5, 5.41) is 6.56. The minimum atomic E-state index is -0.197. The number of quaternary nitrogens is 1. The highest BCUT2D eigenvalue weighted by molar-refractivity contribution is 6.39. The van der Waals surface area contributed by atoms with Crippen LogP contribution in [-0.2, 0) is 4.79 Å². The number of carbonyl (C=O) groups excluding carboxylic acids is 1. The summed E-state index contributed by atoms with van der Waals surface area (Å²) in [5.41, 5.74) is 1.34. The first-order chi connectivity index (χ1) is 10.9. The van der Waals surface area contributed by atoms with Crippen molar-refractivity contribution in [2.75, 3.05) is 11.9 Å². The Bertz CT molecular complexity index is 701. The third-order valence-electron chi connectivity index (χ3n) is 3.34. The van der Waals surface area contributed by atoms with Crippen LogP contribution in [0.3, 0.4) is 0 Å². The lowest BCUT2D eigenvalue weighted by Gasteiger charge is -2.13. The van der Waals surface area contributed by atoms with E-state index in [0.717, 1.165) is 5.56 Å². The predicted molar refractivity (Wildman–Crippen MR) is 96.8 cm³/mol. The van der Waals surface area contributed by atoms with Gasteiger partial charge in [0.05, 0.1) is 20.8 Å². The molecule has 1 amide bonds. The van der Waals surface area contributed by atoms with Crippen molar-refractivity contribution in [3.8, 4) is 0 Å². The number of hydrogen-bond donors (Lipinski definition) is 2. The van der Waals surface area contributed by atoms with Crippen LogP contribution < -0.4 is 10.6 Å². The van der Waals surface area contributed by atoms with Crippen LogP contribution in [-0.4, -0.2) is 12.5 Å². The van der Waals surface area contributed by atoms with Crippen molar-refractivity contribution in [3.05, 3.63) is 62.1 Å². The molecule has 1 atom stereocenters. The summed E-state index contributed by atoms with van der Waals surface area (Å²) in [7, 11) is 0. The van der Waals surface area contributed by atoms with E-state index in [0.29, 0.717) is 25.8 Å². The maximum Gasteiger partial charge on any atom is 0.279 e. The summed E-state index contributed by atoms with van der Waals surface area (Å²) in [6.45, 7) is 2.17. The Labute approximate surface area is 154 Å². The lowest BCUT2D eigenvalue weighted by atomic mass is 10.1. The summed E-state index contributed by atoms with van der Waals surface area (Å²) in [6, 6.07) is 10.4. The number of anilines is 1. The third-order valence-corrected chi connectivity index (χ3v) is 4.53. The van der Waals surface area contributed by atoms with Gasteiger partial charge in [0.15, 0.2) is 6.54 Å². The second-order valence-corrected chi connectivity index (χ2v) is 6.70. The van der Waals surface area contributed by atoms with E-state index in [4.69, 9.17) is 46.4 Å². The second kappa shape index (κ2) is 8.22. The van der Waals surface area contributed by atoms with Crippen molar-refractivity contribution >= 4 is 58.0 Å². The van der Waals surface area contributed by atoms with Gasteiger partial charge < -0.3 is 10.6 Å². The van der Waals surface area contributed by atoms with Gasteiger partial charge in [0.2, 0.25) is 0 Å². The molecule has 3 N–H and O–H groups in total. The van der Waals surface area contributed by atoms with Gasteiger partial charge in [0.25, 0.3) is 5.91 Å². The van der Waals surface area contributed by atoms with Crippen molar-refractivity contribution in [2.45, 2.75) is 13.0 Å².